The highest BCUT2D eigenvalue weighted by molar-refractivity contribution is 5.91. The van der Waals surface area contributed by atoms with E-state index in [1.807, 2.05) is 13.8 Å². The zero-order valence-corrected chi connectivity index (χ0v) is 14.0. The van der Waals surface area contributed by atoms with Crippen molar-refractivity contribution in [3.05, 3.63) is 29.3 Å². The van der Waals surface area contributed by atoms with Gasteiger partial charge in [0.25, 0.3) is 0 Å². The van der Waals surface area contributed by atoms with E-state index in [9.17, 15) is 19.5 Å². The van der Waals surface area contributed by atoms with Gasteiger partial charge in [-0.25, -0.2) is 4.79 Å². The van der Waals surface area contributed by atoms with Crippen LogP contribution in [0.3, 0.4) is 0 Å². The average Bonchev–Trinajstić information content (AvgIpc) is 2.94. The highest BCUT2D eigenvalue weighted by Crippen LogP contribution is 2.22. The minimum Gasteiger partial charge on any atom is -0.496 e. The number of methoxy groups -OCH3 is 1. The number of carboxylic acids is 1. The maximum absolute atomic E-state index is 12.2. The quantitative estimate of drug-likeness (QED) is 0.817. The highest BCUT2D eigenvalue weighted by Gasteiger charge is 2.35. The normalized spacial score (nSPS) is 17.2. The molecule has 7 nitrogen and oxygen atoms in total. The third-order valence-corrected chi connectivity index (χ3v) is 4.11. The van der Waals surface area contributed by atoms with Crippen molar-refractivity contribution in [2.75, 3.05) is 13.7 Å². The first-order valence-electron chi connectivity index (χ1n) is 7.80. The molecule has 0 unspecified atom stereocenters. The number of carboxylic acid groups (broad SMARTS) is 1. The Kier molecular flexibility index (Phi) is 5.43. The van der Waals surface area contributed by atoms with Gasteiger partial charge in [-0.3, -0.25) is 9.59 Å². The second-order valence-electron chi connectivity index (χ2n) is 6.10. The van der Waals surface area contributed by atoms with Crippen LogP contribution >= 0.6 is 0 Å². The molecular weight excluding hydrogens is 312 g/mol. The van der Waals surface area contributed by atoms with Gasteiger partial charge in [-0.05, 0) is 31.5 Å². The number of benzene rings is 1. The molecule has 2 amide bonds. The summed E-state index contributed by atoms with van der Waals surface area (Å²) in [7, 11) is 1.40. The van der Waals surface area contributed by atoms with Gasteiger partial charge >= 0.3 is 5.97 Å². The summed E-state index contributed by atoms with van der Waals surface area (Å²) in [5.41, 5.74) is 0.706. The smallest absolute Gasteiger partial charge is 0.339 e. The Morgan fingerprint density at radius 1 is 1.42 bits per heavy atom. The van der Waals surface area contributed by atoms with Gasteiger partial charge in [0.1, 0.15) is 11.3 Å². The number of nitrogens with one attached hydrogen (secondary N) is 1. The Labute approximate surface area is 140 Å². The first kappa shape index (κ1) is 17.8. The van der Waals surface area contributed by atoms with Crippen LogP contribution in [-0.4, -0.2) is 47.5 Å². The van der Waals surface area contributed by atoms with E-state index in [0.717, 1.165) is 0 Å². The molecule has 0 bridgehead atoms. The summed E-state index contributed by atoms with van der Waals surface area (Å²) < 4.78 is 5.00. The maximum Gasteiger partial charge on any atom is 0.339 e. The predicted octanol–water partition coefficient (Wildman–Crippen LogP) is 1.27. The number of rotatable bonds is 6. The van der Waals surface area contributed by atoms with E-state index < -0.39 is 5.97 Å². The second kappa shape index (κ2) is 7.33. The number of ether oxygens (including phenoxy) is 1. The molecule has 1 atom stereocenters. The predicted molar refractivity (Wildman–Crippen MR) is 86.8 cm³/mol. The van der Waals surface area contributed by atoms with Crippen LogP contribution in [0.15, 0.2) is 18.2 Å². The molecule has 1 aromatic carbocycles. The van der Waals surface area contributed by atoms with Gasteiger partial charge in [0.15, 0.2) is 0 Å². The topological polar surface area (TPSA) is 95.9 Å². The molecule has 0 saturated carbocycles. The fraction of sp³-hybridized carbons (Fsp3) is 0.471. The van der Waals surface area contributed by atoms with Crippen molar-refractivity contribution in [2.24, 2.45) is 5.92 Å². The number of carbonyl (C=O) groups excluding carboxylic acids is 2. The minimum atomic E-state index is -1.09. The average molecular weight is 334 g/mol. The summed E-state index contributed by atoms with van der Waals surface area (Å²) in [4.78, 5) is 37.0. The lowest BCUT2D eigenvalue weighted by molar-refractivity contribution is -0.130. The Hall–Kier alpha value is -2.57. The van der Waals surface area contributed by atoms with Crippen LogP contribution in [0.1, 0.15) is 36.2 Å². The van der Waals surface area contributed by atoms with Gasteiger partial charge in [0.2, 0.25) is 11.8 Å². The van der Waals surface area contributed by atoms with Crippen LogP contribution in [0.25, 0.3) is 0 Å². The lowest BCUT2D eigenvalue weighted by Crippen LogP contribution is -2.35. The summed E-state index contributed by atoms with van der Waals surface area (Å²) in [6, 6.07) is 4.81. The molecule has 0 aliphatic carbocycles. The third-order valence-electron chi connectivity index (χ3n) is 4.11. The Bertz CT molecular complexity index is 656. The van der Waals surface area contributed by atoms with E-state index in [1.165, 1.54) is 13.2 Å². The summed E-state index contributed by atoms with van der Waals surface area (Å²) in [5, 5.41) is 11.9. The number of likely N-dealkylation sites (tertiary alicyclic amines) is 1. The molecule has 0 spiro atoms. The lowest BCUT2D eigenvalue weighted by atomic mass is 10.1. The Morgan fingerprint density at radius 3 is 2.67 bits per heavy atom. The van der Waals surface area contributed by atoms with Crippen molar-refractivity contribution in [2.45, 2.75) is 32.9 Å². The second-order valence-corrected chi connectivity index (χ2v) is 6.10. The van der Waals surface area contributed by atoms with Crippen molar-refractivity contribution in [3.63, 3.8) is 0 Å². The lowest BCUT2D eigenvalue weighted by Gasteiger charge is -2.20. The first-order valence-corrected chi connectivity index (χ1v) is 7.80. The molecule has 1 heterocycles. The SMILES string of the molecule is COc1ccc(CNC(=O)[C@H]2CC(=O)N(C(C)C)C2)cc1C(=O)O. The molecule has 0 aromatic heterocycles. The van der Waals surface area contributed by atoms with E-state index in [2.05, 4.69) is 5.32 Å². The fourth-order valence-electron chi connectivity index (χ4n) is 2.77. The summed E-state index contributed by atoms with van der Waals surface area (Å²) >= 11 is 0. The molecule has 1 saturated heterocycles. The van der Waals surface area contributed by atoms with Crippen molar-refractivity contribution < 1.29 is 24.2 Å². The number of hydrogen-bond donors (Lipinski definition) is 2. The molecule has 7 heteroatoms. The molecule has 24 heavy (non-hydrogen) atoms. The van der Waals surface area contributed by atoms with E-state index in [4.69, 9.17) is 4.74 Å². The van der Waals surface area contributed by atoms with E-state index >= 15 is 0 Å². The Morgan fingerprint density at radius 2 is 2.12 bits per heavy atom. The fourth-order valence-corrected chi connectivity index (χ4v) is 2.77. The van der Waals surface area contributed by atoms with Gasteiger partial charge in [-0.1, -0.05) is 6.07 Å². The van der Waals surface area contributed by atoms with Crippen molar-refractivity contribution >= 4 is 17.8 Å². The number of nitrogens with zero attached hydrogens (tertiary/aromatic N) is 1. The zero-order chi connectivity index (χ0) is 17.9. The van der Waals surface area contributed by atoms with Crippen molar-refractivity contribution in [3.8, 4) is 5.75 Å². The zero-order valence-electron chi connectivity index (χ0n) is 14.0. The van der Waals surface area contributed by atoms with Crippen LogP contribution in [0.4, 0.5) is 0 Å². The molecule has 2 N–H and O–H groups in total. The molecule has 130 valence electrons. The van der Waals surface area contributed by atoms with Crippen LogP contribution < -0.4 is 10.1 Å². The first-order chi connectivity index (χ1) is 11.3. The highest BCUT2D eigenvalue weighted by atomic mass is 16.5. The number of amides is 2. The number of hydrogen-bond acceptors (Lipinski definition) is 4. The standard InChI is InChI=1S/C17H22N2O5/c1-10(2)19-9-12(7-15(19)20)16(21)18-8-11-4-5-14(24-3)13(6-11)17(22)23/h4-6,10,12H,7-9H2,1-3H3,(H,18,21)(H,22,23)/t12-/m0/s1. The van der Waals surface area contributed by atoms with Gasteiger partial charge in [0.05, 0.1) is 13.0 Å². The number of carbonyl (C=O) groups is 3. The van der Waals surface area contributed by atoms with Gasteiger partial charge in [-0.15, -0.1) is 0 Å². The van der Waals surface area contributed by atoms with Crippen LogP contribution in [0.5, 0.6) is 5.75 Å². The van der Waals surface area contributed by atoms with Crippen molar-refractivity contribution in [1.29, 1.82) is 0 Å². The molecule has 0 radical (unpaired) electrons. The molecule has 2 rings (SSSR count). The van der Waals surface area contributed by atoms with E-state index in [1.54, 1.807) is 17.0 Å². The summed E-state index contributed by atoms with van der Waals surface area (Å²) in [6.07, 6.45) is 0.215. The maximum atomic E-state index is 12.2. The molecule has 1 aliphatic rings. The van der Waals surface area contributed by atoms with E-state index in [0.29, 0.717) is 12.1 Å². The van der Waals surface area contributed by atoms with Crippen LogP contribution in [0, 0.1) is 5.92 Å². The largest absolute Gasteiger partial charge is 0.496 e. The van der Waals surface area contributed by atoms with Gasteiger partial charge < -0.3 is 20.1 Å². The van der Waals surface area contributed by atoms with E-state index in [-0.39, 0.29) is 48.1 Å². The number of aromatic carboxylic acids is 1. The van der Waals surface area contributed by atoms with Gasteiger partial charge in [-0.2, -0.15) is 0 Å². The Balaban J connectivity index is 1.99. The third kappa shape index (κ3) is 3.84. The molecular formula is C17H22N2O5. The van der Waals surface area contributed by atoms with Crippen LogP contribution in [0.2, 0.25) is 0 Å². The molecule has 1 aliphatic heterocycles. The molecule has 1 aromatic rings. The summed E-state index contributed by atoms with van der Waals surface area (Å²) in [6.45, 7) is 4.47. The van der Waals surface area contributed by atoms with Crippen molar-refractivity contribution in [1.82, 2.24) is 10.2 Å². The van der Waals surface area contributed by atoms with Gasteiger partial charge in [0, 0.05) is 25.6 Å². The minimum absolute atomic E-state index is 0.0113. The van der Waals surface area contributed by atoms with Crippen LogP contribution in [-0.2, 0) is 16.1 Å². The molecule has 1 fully saturated rings. The monoisotopic (exact) mass is 334 g/mol. The summed E-state index contributed by atoms with van der Waals surface area (Å²) in [5.74, 6) is -1.39.